The first-order valence-corrected chi connectivity index (χ1v) is 9.51. The molecule has 0 aliphatic heterocycles. The van der Waals surface area contributed by atoms with Crippen molar-refractivity contribution in [3.05, 3.63) is 24.0 Å². The van der Waals surface area contributed by atoms with Gasteiger partial charge in [-0.2, -0.15) is 5.10 Å². The van der Waals surface area contributed by atoms with Gasteiger partial charge in [-0.15, -0.1) is 5.10 Å². The molecule has 0 bridgehead atoms. The molecule has 2 aromatic heterocycles. The molecule has 1 amide bonds. The minimum absolute atomic E-state index is 0.122. The molecule has 9 heteroatoms. The molecule has 26 heavy (non-hydrogen) atoms. The standard InChI is InChI=1S/C17H26N8O/c1-2-24-16(19-10-20-24)15(11-3-4-11)21-17(26)14-9-25(23-22-14)13-7-5-12(18)6-8-13/h9-13,15H,2-8,18H2,1H3,(H,21,26)/t12?,13?,15-/m0/s1. The highest BCUT2D eigenvalue weighted by atomic mass is 16.2. The molecule has 140 valence electrons. The van der Waals surface area contributed by atoms with E-state index in [2.05, 4.69) is 25.7 Å². The van der Waals surface area contributed by atoms with Crippen molar-refractivity contribution in [2.45, 2.75) is 70.1 Å². The molecule has 4 rings (SSSR count). The fourth-order valence-electron chi connectivity index (χ4n) is 3.72. The van der Waals surface area contributed by atoms with Crippen LogP contribution < -0.4 is 11.1 Å². The molecule has 2 aliphatic rings. The Bertz CT molecular complexity index is 756. The molecule has 0 saturated heterocycles. The van der Waals surface area contributed by atoms with Gasteiger partial charge in [0.15, 0.2) is 5.69 Å². The van der Waals surface area contributed by atoms with E-state index >= 15 is 0 Å². The Morgan fingerprint density at radius 3 is 2.77 bits per heavy atom. The molecule has 0 aromatic carbocycles. The van der Waals surface area contributed by atoms with Gasteiger partial charge in [0.1, 0.15) is 12.2 Å². The van der Waals surface area contributed by atoms with Crippen LogP contribution in [-0.2, 0) is 6.54 Å². The minimum atomic E-state index is -0.202. The summed E-state index contributed by atoms with van der Waals surface area (Å²) in [5.41, 5.74) is 6.32. The first-order chi connectivity index (χ1) is 12.7. The second-order valence-corrected chi connectivity index (χ2v) is 7.37. The molecular formula is C17H26N8O. The molecule has 2 aliphatic carbocycles. The fourth-order valence-corrected chi connectivity index (χ4v) is 3.72. The summed E-state index contributed by atoms with van der Waals surface area (Å²) in [4.78, 5) is 17.1. The fraction of sp³-hybridized carbons (Fsp3) is 0.706. The summed E-state index contributed by atoms with van der Waals surface area (Å²) >= 11 is 0. The molecule has 0 unspecified atom stereocenters. The molecule has 0 spiro atoms. The van der Waals surface area contributed by atoms with Gasteiger partial charge in [0, 0.05) is 12.6 Å². The van der Waals surface area contributed by atoms with Crippen LogP contribution in [-0.4, -0.2) is 41.7 Å². The van der Waals surface area contributed by atoms with Gasteiger partial charge in [-0.1, -0.05) is 5.21 Å². The van der Waals surface area contributed by atoms with Crippen molar-refractivity contribution in [1.29, 1.82) is 0 Å². The van der Waals surface area contributed by atoms with Gasteiger partial charge < -0.3 is 11.1 Å². The number of nitrogens with one attached hydrogen (secondary N) is 1. The van der Waals surface area contributed by atoms with E-state index in [-0.39, 0.29) is 24.0 Å². The summed E-state index contributed by atoms with van der Waals surface area (Å²) in [6.45, 7) is 2.75. The average molecular weight is 358 g/mol. The van der Waals surface area contributed by atoms with Crippen LogP contribution in [0, 0.1) is 5.92 Å². The van der Waals surface area contributed by atoms with Crippen LogP contribution in [0.1, 0.15) is 73.8 Å². The number of aromatic nitrogens is 6. The quantitative estimate of drug-likeness (QED) is 0.802. The lowest BCUT2D eigenvalue weighted by atomic mass is 9.92. The SMILES string of the molecule is CCn1ncnc1[C@@H](NC(=O)c1cn(C2CCC(N)CC2)nn1)C1CC1. The maximum Gasteiger partial charge on any atom is 0.274 e. The van der Waals surface area contributed by atoms with Crippen molar-refractivity contribution in [2.75, 3.05) is 0 Å². The lowest BCUT2D eigenvalue weighted by molar-refractivity contribution is 0.0923. The zero-order valence-corrected chi connectivity index (χ0v) is 15.1. The van der Waals surface area contributed by atoms with E-state index in [4.69, 9.17) is 5.73 Å². The largest absolute Gasteiger partial charge is 0.340 e. The molecule has 2 heterocycles. The van der Waals surface area contributed by atoms with E-state index in [1.165, 1.54) is 0 Å². The van der Waals surface area contributed by atoms with Crippen LogP contribution >= 0.6 is 0 Å². The second kappa shape index (κ2) is 7.14. The molecule has 1 atom stereocenters. The topological polar surface area (TPSA) is 117 Å². The Labute approximate surface area is 152 Å². The molecule has 3 N–H and O–H groups in total. The van der Waals surface area contributed by atoms with Crippen LogP contribution in [0.25, 0.3) is 0 Å². The molecule has 2 fully saturated rings. The predicted molar refractivity (Wildman–Crippen MR) is 94.1 cm³/mol. The lowest BCUT2D eigenvalue weighted by Gasteiger charge is -2.25. The number of carbonyl (C=O) groups is 1. The van der Waals surface area contributed by atoms with Crippen molar-refractivity contribution in [2.24, 2.45) is 11.7 Å². The number of carbonyl (C=O) groups excluding carboxylic acids is 1. The van der Waals surface area contributed by atoms with Gasteiger partial charge in [0.05, 0.1) is 18.3 Å². The Morgan fingerprint density at radius 2 is 2.08 bits per heavy atom. The van der Waals surface area contributed by atoms with Crippen molar-refractivity contribution < 1.29 is 4.79 Å². The van der Waals surface area contributed by atoms with Crippen molar-refractivity contribution in [1.82, 2.24) is 35.1 Å². The van der Waals surface area contributed by atoms with Crippen LogP contribution in [0.3, 0.4) is 0 Å². The smallest absolute Gasteiger partial charge is 0.274 e. The number of nitrogens with two attached hydrogens (primary N) is 1. The maximum atomic E-state index is 12.7. The number of hydrogen-bond donors (Lipinski definition) is 2. The van der Waals surface area contributed by atoms with Gasteiger partial charge in [-0.3, -0.25) is 4.79 Å². The third-order valence-corrected chi connectivity index (χ3v) is 5.46. The summed E-state index contributed by atoms with van der Waals surface area (Å²) in [6, 6.07) is 0.446. The van der Waals surface area contributed by atoms with Crippen LogP contribution in [0.4, 0.5) is 0 Å². The second-order valence-electron chi connectivity index (χ2n) is 7.37. The van der Waals surface area contributed by atoms with Gasteiger partial charge in [0.25, 0.3) is 5.91 Å². The normalized spacial score (nSPS) is 24.4. The molecule has 2 saturated carbocycles. The van der Waals surface area contributed by atoms with Crippen LogP contribution in [0.5, 0.6) is 0 Å². The Hall–Kier alpha value is -2.29. The zero-order valence-electron chi connectivity index (χ0n) is 15.1. The van der Waals surface area contributed by atoms with Crippen molar-refractivity contribution >= 4 is 5.91 Å². The van der Waals surface area contributed by atoms with E-state index in [1.807, 2.05) is 16.3 Å². The average Bonchev–Trinajstić information content (AvgIpc) is 3.18. The molecule has 0 radical (unpaired) electrons. The summed E-state index contributed by atoms with van der Waals surface area (Å²) < 4.78 is 3.66. The van der Waals surface area contributed by atoms with E-state index in [0.29, 0.717) is 11.6 Å². The molecule has 2 aromatic rings. The Kier molecular flexibility index (Phi) is 4.71. The summed E-state index contributed by atoms with van der Waals surface area (Å²) in [5.74, 6) is 1.03. The highest BCUT2D eigenvalue weighted by Gasteiger charge is 2.37. The Balaban J connectivity index is 1.45. The third-order valence-electron chi connectivity index (χ3n) is 5.46. The third kappa shape index (κ3) is 3.48. The van der Waals surface area contributed by atoms with Gasteiger partial charge >= 0.3 is 0 Å². The molecule has 9 nitrogen and oxygen atoms in total. The van der Waals surface area contributed by atoms with Gasteiger partial charge in [-0.25, -0.2) is 14.3 Å². The number of hydrogen-bond acceptors (Lipinski definition) is 6. The highest BCUT2D eigenvalue weighted by molar-refractivity contribution is 5.92. The lowest BCUT2D eigenvalue weighted by Crippen LogP contribution is -2.32. The van der Waals surface area contributed by atoms with Gasteiger partial charge in [0.2, 0.25) is 0 Å². The minimum Gasteiger partial charge on any atom is -0.340 e. The summed E-state index contributed by atoms with van der Waals surface area (Å²) in [6.07, 6.45) is 9.43. The predicted octanol–water partition coefficient (Wildman–Crippen LogP) is 1.21. The monoisotopic (exact) mass is 358 g/mol. The first kappa shape index (κ1) is 17.1. The number of nitrogens with zero attached hydrogens (tertiary/aromatic N) is 6. The van der Waals surface area contributed by atoms with Crippen molar-refractivity contribution in [3.8, 4) is 0 Å². The number of rotatable bonds is 6. The van der Waals surface area contributed by atoms with Crippen LogP contribution in [0.2, 0.25) is 0 Å². The Morgan fingerprint density at radius 1 is 1.31 bits per heavy atom. The molecular weight excluding hydrogens is 332 g/mol. The van der Waals surface area contributed by atoms with E-state index in [9.17, 15) is 4.79 Å². The van der Waals surface area contributed by atoms with E-state index < -0.39 is 0 Å². The first-order valence-electron chi connectivity index (χ1n) is 9.51. The van der Waals surface area contributed by atoms with Gasteiger partial charge in [-0.05, 0) is 51.4 Å². The highest BCUT2D eigenvalue weighted by Crippen LogP contribution is 2.40. The van der Waals surface area contributed by atoms with Crippen molar-refractivity contribution in [3.63, 3.8) is 0 Å². The van der Waals surface area contributed by atoms with Crippen LogP contribution in [0.15, 0.2) is 12.5 Å². The maximum absolute atomic E-state index is 12.7. The zero-order chi connectivity index (χ0) is 18.1. The number of aryl methyl sites for hydroxylation is 1. The summed E-state index contributed by atoms with van der Waals surface area (Å²) in [5, 5.41) is 15.6. The number of amides is 1. The van der Waals surface area contributed by atoms with E-state index in [1.54, 1.807) is 12.5 Å². The van der Waals surface area contributed by atoms with E-state index in [0.717, 1.165) is 50.9 Å². The summed E-state index contributed by atoms with van der Waals surface area (Å²) in [7, 11) is 0.